The van der Waals surface area contributed by atoms with Crippen molar-refractivity contribution in [1.29, 1.82) is 0 Å². The van der Waals surface area contributed by atoms with E-state index in [0.29, 0.717) is 17.7 Å². The summed E-state index contributed by atoms with van der Waals surface area (Å²) in [7, 11) is 0. The van der Waals surface area contributed by atoms with Gasteiger partial charge in [-0.15, -0.1) is 11.3 Å². The molecule has 1 amide bonds. The van der Waals surface area contributed by atoms with Crippen LogP contribution < -0.4 is 0 Å². The molecule has 0 bridgehead atoms. The molecule has 0 spiro atoms. The van der Waals surface area contributed by atoms with E-state index in [9.17, 15) is 4.79 Å². The van der Waals surface area contributed by atoms with Crippen LogP contribution in [0, 0.1) is 5.92 Å². The summed E-state index contributed by atoms with van der Waals surface area (Å²) in [5.41, 5.74) is 2.35. The number of carbonyl (C=O) groups is 1. The first-order valence-electron chi connectivity index (χ1n) is 6.37. The first-order chi connectivity index (χ1) is 8.18. The maximum atomic E-state index is 12.4. The highest BCUT2D eigenvalue weighted by Gasteiger charge is 2.28. The molecular formula is C13H20N2OS. The van der Waals surface area contributed by atoms with Crippen LogP contribution in [0.5, 0.6) is 0 Å². The SMILES string of the molecule is CC(C)CN(C(=O)c1cscn1)C1CCCC1. The summed E-state index contributed by atoms with van der Waals surface area (Å²) in [6.07, 6.45) is 4.82. The van der Waals surface area contributed by atoms with E-state index in [1.807, 2.05) is 10.3 Å². The fourth-order valence-corrected chi connectivity index (χ4v) is 3.00. The van der Waals surface area contributed by atoms with Gasteiger partial charge in [0.05, 0.1) is 5.51 Å². The van der Waals surface area contributed by atoms with E-state index in [-0.39, 0.29) is 5.91 Å². The molecule has 94 valence electrons. The van der Waals surface area contributed by atoms with E-state index < -0.39 is 0 Å². The van der Waals surface area contributed by atoms with Gasteiger partial charge < -0.3 is 4.90 Å². The molecule has 0 aromatic carbocycles. The Labute approximate surface area is 107 Å². The average molecular weight is 252 g/mol. The van der Waals surface area contributed by atoms with E-state index in [1.54, 1.807) is 5.51 Å². The lowest BCUT2D eigenvalue weighted by Crippen LogP contribution is -2.41. The first-order valence-corrected chi connectivity index (χ1v) is 7.32. The molecule has 0 radical (unpaired) electrons. The van der Waals surface area contributed by atoms with Crippen molar-refractivity contribution in [2.24, 2.45) is 5.92 Å². The first kappa shape index (κ1) is 12.6. The van der Waals surface area contributed by atoms with Gasteiger partial charge in [-0.05, 0) is 18.8 Å². The van der Waals surface area contributed by atoms with E-state index in [1.165, 1.54) is 24.2 Å². The van der Waals surface area contributed by atoms with Gasteiger partial charge in [0.2, 0.25) is 0 Å². The molecule has 17 heavy (non-hydrogen) atoms. The molecule has 0 saturated heterocycles. The van der Waals surface area contributed by atoms with Crippen molar-refractivity contribution in [3.05, 3.63) is 16.6 Å². The van der Waals surface area contributed by atoms with Crippen LogP contribution in [0.25, 0.3) is 0 Å². The topological polar surface area (TPSA) is 33.2 Å². The zero-order chi connectivity index (χ0) is 12.3. The van der Waals surface area contributed by atoms with Crippen molar-refractivity contribution in [2.45, 2.75) is 45.6 Å². The summed E-state index contributed by atoms with van der Waals surface area (Å²) in [6.45, 7) is 5.17. The molecule has 1 saturated carbocycles. The lowest BCUT2D eigenvalue weighted by atomic mass is 10.1. The molecule has 0 aliphatic heterocycles. The minimum atomic E-state index is 0.117. The van der Waals surface area contributed by atoms with Gasteiger partial charge in [0.1, 0.15) is 5.69 Å². The number of amides is 1. The van der Waals surface area contributed by atoms with Crippen molar-refractivity contribution in [2.75, 3.05) is 6.54 Å². The Kier molecular flexibility index (Phi) is 4.15. The Morgan fingerprint density at radius 2 is 2.24 bits per heavy atom. The zero-order valence-electron chi connectivity index (χ0n) is 10.6. The molecular weight excluding hydrogens is 232 g/mol. The van der Waals surface area contributed by atoms with Gasteiger partial charge in [-0.25, -0.2) is 4.98 Å². The summed E-state index contributed by atoms with van der Waals surface area (Å²) < 4.78 is 0. The van der Waals surface area contributed by atoms with Crippen LogP contribution in [-0.2, 0) is 0 Å². The predicted molar refractivity (Wildman–Crippen MR) is 70.2 cm³/mol. The Balaban J connectivity index is 2.11. The average Bonchev–Trinajstić information content (AvgIpc) is 2.96. The lowest BCUT2D eigenvalue weighted by molar-refractivity contribution is 0.0650. The maximum Gasteiger partial charge on any atom is 0.273 e. The number of rotatable bonds is 4. The minimum Gasteiger partial charge on any atom is -0.334 e. The zero-order valence-corrected chi connectivity index (χ0v) is 11.4. The Bertz CT molecular complexity index is 356. The van der Waals surface area contributed by atoms with Gasteiger partial charge in [0.15, 0.2) is 0 Å². The van der Waals surface area contributed by atoms with Gasteiger partial charge in [-0.1, -0.05) is 26.7 Å². The summed E-state index contributed by atoms with van der Waals surface area (Å²) in [5, 5.41) is 1.85. The standard InChI is InChI=1S/C13H20N2OS/c1-10(2)7-15(11-5-3-4-6-11)13(16)12-8-17-9-14-12/h8-11H,3-7H2,1-2H3. The Hall–Kier alpha value is -0.900. The molecule has 2 rings (SSSR count). The molecule has 1 fully saturated rings. The number of hydrogen-bond acceptors (Lipinski definition) is 3. The van der Waals surface area contributed by atoms with Crippen LogP contribution in [-0.4, -0.2) is 28.4 Å². The molecule has 0 N–H and O–H groups in total. The van der Waals surface area contributed by atoms with Gasteiger partial charge in [-0.3, -0.25) is 4.79 Å². The summed E-state index contributed by atoms with van der Waals surface area (Å²) in [4.78, 5) is 18.6. The molecule has 1 aromatic heterocycles. The molecule has 1 aliphatic carbocycles. The fraction of sp³-hybridized carbons (Fsp3) is 0.692. The van der Waals surface area contributed by atoms with E-state index >= 15 is 0 Å². The second-order valence-electron chi connectivity index (χ2n) is 5.16. The van der Waals surface area contributed by atoms with Crippen molar-refractivity contribution >= 4 is 17.2 Å². The molecule has 1 heterocycles. The Morgan fingerprint density at radius 1 is 1.53 bits per heavy atom. The second kappa shape index (κ2) is 5.63. The summed E-state index contributed by atoms with van der Waals surface area (Å²) in [5.74, 6) is 0.630. The molecule has 0 unspecified atom stereocenters. The highest BCUT2D eigenvalue weighted by Crippen LogP contribution is 2.25. The monoisotopic (exact) mass is 252 g/mol. The molecule has 4 heteroatoms. The predicted octanol–water partition coefficient (Wildman–Crippen LogP) is 3.18. The molecule has 1 aromatic rings. The molecule has 3 nitrogen and oxygen atoms in total. The maximum absolute atomic E-state index is 12.4. The van der Waals surface area contributed by atoms with Gasteiger partial charge >= 0.3 is 0 Å². The lowest BCUT2D eigenvalue weighted by Gasteiger charge is -2.30. The number of nitrogens with zero attached hydrogens (tertiary/aromatic N) is 2. The van der Waals surface area contributed by atoms with Crippen LogP contribution >= 0.6 is 11.3 Å². The van der Waals surface area contributed by atoms with E-state index in [0.717, 1.165) is 19.4 Å². The Morgan fingerprint density at radius 3 is 2.76 bits per heavy atom. The van der Waals surface area contributed by atoms with Crippen molar-refractivity contribution in [3.63, 3.8) is 0 Å². The number of thiazole rings is 1. The van der Waals surface area contributed by atoms with Gasteiger partial charge in [0, 0.05) is 18.0 Å². The van der Waals surface area contributed by atoms with Crippen molar-refractivity contribution in [3.8, 4) is 0 Å². The van der Waals surface area contributed by atoms with Crippen LogP contribution in [0.15, 0.2) is 10.9 Å². The third-order valence-electron chi connectivity index (χ3n) is 3.24. The van der Waals surface area contributed by atoms with Gasteiger partial charge in [-0.2, -0.15) is 0 Å². The van der Waals surface area contributed by atoms with Crippen molar-refractivity contribution in [1.82, 2.24) is 9.88 Å². The highest BCUT2D eigenvalue weighted by molar-refractivity contribution is 7.07. The van der Waals surface area contributed by atoms with E-state index in [2.05, 4.69) is 18.8 Å². The van der Waals surface area contributed by atoms with Crippen LogP contribution in [0.3, 0.4) is 0 Å². The summed E-state index contributed by atoms with van der Waals surface area (Å²) >= 11 is 1.49. The molecule has 1 aliphatic rings. The van der Waals surface area contributed by atoms with Crippen LogP contribution in [0.4, 0.5) is 0 Å². The van der Waals surface area contributed by atoms with E-state index in [4.69, 9.17) is 0 Å². The second-order valence-corrected chi connectivity index (χ2v) is 5.88. The highest BCUT2D eigenvalue weighted by atomic mass is 32.1. The minimum absolute atomic E-state index is 0.117. The third-order valence-corrected chi connectivity index (χ3v) is 3.83. The normalized spacial score (nSPS) is 16.6. The van der Waals surface area contributed by atoms with Gasteiger partial charge in [0.25, 0.3) is 5.91 Å². The van der Waals surface area contributed by atoms with Crippen LogP contribution in [0.1, 0.15) is 50.0 Å². The molecule has 0 atom stereocenters. The third kappa shape index (κ3) is 3.06. The summed E-state index contributed by atoms with van der Waals surface area (Å²) in [6, 6.07) is 0.437. The van der Waals surface area contributed by atoms with Crippen molar-refractivity contribution < 1.29 is 4.79 Å². The largest absolute Gasteiger partial charge is 0.334 e. The number of hydrogen-bond donors (Lipinski definition) is 0. The number of aromatic nitrogens is 1. The quantitative estimate of drug-likeness (QED) is 0.824. The fourth-order valence-electron chi connectivity index (χ4n) is 2.47. The number of carbonyl (C=O) groups excluding carboxylic acids is 1. The smallest absolute Gasteiger partial charge is 0.273 e. The van der Waals surface area contributed by atoms with Crippen LogP contribution in [0.2, 0.25) is 0 Å².